The van der Waals surface area contributed by atoms with Gasteiger partial charge in [0, 0.05) is 40.6 Å². The number of aliphatic hydroxyl groups excluding tert-OH is 2. The van der Waals surface area contributed by atoms with Gasteiger partial charge in [0.15, 0.2) is 6.10 Å². The van der Waals surface area contributed by atoms with Crippen molar-refractivity contribution in [1.82, 2.24) is 0 Å². The van der Waals surface area contributed by atoms with Crippen LogP contribution in [0, 0.1) is 34.0 Å². The lowest BCUT2D eigenvalue weighted by Gasteiger charge is -2.63. The second kappa shape index (κ2) is 7.48. The molecule has 2 aliphatic heterocycles. The summed E-state index contributed by atoms with van der Waals surface area (Å²) in [6.07, 6.45) is -1.08. The number of ether oxygens (including phenoxy) is 4. The highest BCUT2D eigenvalue weighted by molar-refractivity contribution is 5.76. The molecule has 7 rings (SSSR count). The van der Waals surface area contributed by atoms with Crippen molar-refractivity contribution in [3.05, 3.63) is 24.2 Å². The van der Waals surface area contributed by atoms with Crippen molar-refractivity contribution in [3.63, 3.8) is 0 Å². The quantitative estimate of drug-likeness (QED) is 0.361. The lowest BCUT2D eigenvalue weighted by Crippen LogP contribution is -2.72. The van der Waals surface area contributed by atoms with Crippen molar-refractivity contribution in [1.29, 1.82) is 0 Å². The highest BCUT2D eigenvalue weighted by atomic mass is 16.6. The van der Waals surface area contributed by atoms with E-state index in [-0.39, 0.29) is 12.8 Å². The number of carbonyl (C=O) groups is 3. The lowest BCUT2D eigenvalue weighted by molar-refractivity contribution is -0.298. The van der Waals surface area contributed by atoms with E-state index in [9.17, 15) is 29.7 Å². The first-order valence-electron chi connectivity index (χ1n) is 13.9. The van der Waals surface area contributed by atoms with Crippen LogP contribution < -0.4 is 0 Å². The van der Waals surface area contributed by atoms with Crippen molar-refractivity contribution >= 4 is 17.9 Å². The number of hydrogen-bond donors (Lipinski definition) is 3. The third-order valence-electron chi connectivity index (χ3n) is 12.5. The van der Waals surface area contributed by atoms with E-state index < -0.39 is 93.1 Å². The van der Waals surface area contributed by atoms with Crippen LogP contribution in [0.4, 0.5) is 0 Å². The summed E-state index contributed by atoms with van der Waals surface area (Å²) in [6, 6.07) is 1.72. The molecule has 6 aliphatic rings. The molecule has 0 amide bonds. The van der Waals surface area contributed by atoms with Crippen LogP contribution in [0.3, 0.4) is 0 Å². The minimum Gasteiger partial charge on any atom is -0.472 e. The molecule has 0 aromatic carbocycles. The van der Waals surface area contributed by atoms with E-state index in [4.69, 9.17) is 23.4 Å². The van der Waals surface area contributed by atoms with Gasteiger partial charge in [-0.3, -0.25) is 9.59 Å². The number of rotatable bonds is 4. The molecule has 2 saturated heterocycles. The molecule has 3 heterocycles. The van der Waals surface area contributed by atoms with Crippen molar-refractivity contribution in [2.45, 2.75) is 94.6 Å². The Hall–Kier alpha value is -2.47. The second-order valence-corrected chi connectivity index (χ2v) is 13.7. The molecule has 2 bridgehead atoms. The predicted molar refractivity (Wildman–Crippen MR) is 132 cm³/mol. The fraction of sp³-hybridized carbons (Fsp3) is 0.759. The first-order chi connectivity index (χ1) is 18.7. The number of methoxy groups -OCH3 is 1. The Morgan fingerprint density at radius 2 is 1.95 bits per heavy atom. The number of carbonyl (C=O) groups excluding carboxylic acids is 3. The van der Waals surface area contributed by atoms with Crippen LogP contribution in [0.15, 0.2) is 23.0 Å². The Bertz CT molecular complexity index is 1310. The Kier molecular flexibility index (Phi) is 4.94. The summed E-state index contributed by atoms with van der Waals surface area (Å²) in [7, 11) is 1.18. The molecule has 40 heavy (non-hydrogen) atoms. The number of fused-ring (bicyclic) bond motifs is 2. The second-order valence-electron chi connectivity index (χ2n) is 13.7. The third-order valence-corrected chi connectivity index (χ3v) is 12.5. The van der Waals surface area contributed by atoms with Gasteiger partial charge in [-0.1, -0.05) is 20.8 Å². The van der Waals surface area contributed by atoms with Gasteiger partial charge in [0.05, 0.1) is 44.2 Å². The highest BCUT2D eigenvalue weighted by Crippen LogP contribution is 2.86. The molecule has 1 aromatic heterocycles. The number of furan rings is 1. The fourth-order valence-electron chi connectivity index (χ4n) is 11.4. The minimum absolute atomic E-state index is 0.0989. The maximum atomic E-state index is 13.4. The topological polar surface area (TPSA) is 162 Å². The molecule has 1 aromatic rings. The van der Waals surface area contributed by atoms with E-state index in [1.54, 1.807) is 13.0 Å². The van der Waals surface area contributed by atoms with E-state index in [1.165, 1.54) is 26.6 Å². The van der Waals surface area contributed by atoms with Gasteiger partial charge >= 0.3 is 17.9 Å². The van der Waals surface area contributed by atoms with Crippen LogP contribution in [-0.4, -0.2) is 75.5 Å². The number of esters is 3. The van der Waals surface area contributed by atoms with E-state index in [1.807, 2.05) is 13.8 Å². The molecular weight excluding hydrogens is 524 g/mol. The summed E-state index contributed by atoms with van der Waals surface area (Å²) in [6.45, 7) is 6.83. The Labute approximate surface area is 231 Å². The fourth-order valence-corrected chi connectivity index (χ4v) is 11.4. The van der Waals surface area contributed by atoms with Gasteiger partial charge in [0.2, 0.25) is 0 Å². The van der Waals surface area contributed by atoms with E-state index in [2.05, 4.69) is 0 Å². The van der Waals surface area contributed by atoms with Gasteiger partial charge in [-0.2, -0.15) is 0 Å². The lowest BCUT2D eigenvalue weighted by atomic mass is 9.45. The molecule has 11 nitrogen and oxygen atoms in total. The molecule has 13 atom stereocenters. The van der Waals surface area contributed by atoms with Gasteiger partial charge in [-0.15, -0.1) is 0 Å². The van der Waals surface area contributed by atoms with Crippen LogP contribution >= 0.6 is 0 Å². The zero-order chi connectivity index (χ0) is 28.8. The average molecular weight is 561 g/mol. The monoisotopic (exact) mass is 560 g/mol. The van der Waals surface area contributed by atoms with Crippen LogP contribution in [-0.2, 0) is 33.3 Å². The predicted octanol–water partition coefficient (Wildman–Crippen LogP) is 1.43. The Balaban J connectivity index is 1.52. The molecule has 4 aliphatic carbocycles. The molecule has 0 radical (unpaired) electrons. The first kappa shape index (κ1) is 26.4. The largest absolute Gasteiger partial charge is 0.472 e. The summed E-state index contributed by atoms with van der Waals surface area (Å²) in [5, 5.41) is 36.8. The Morgan fingerprint density at radius 3 is 2.58 bits per heavy atom. The van der Waals surface area contributed by atoms with Crippen LogP contribution in [0.2, 0.25) is 0 Å². The number of hydrogen-bond acceptors (Lipinski definition) is 11. The van der Waals surface area contributed by atoms with E-state index in [0.717, 1.165) is 0 Å². The van der Waals surface area contributed by atoms with Gasteiger partial charge in [0.25, 0.3) is 0 Å². The molecule has 3 N–H and O–H groups in total. The maximum Gasteiger partial charge on any atom is 0.335 e. The Morgan fingerprint density at radius 1 is 1.23 bits per heavy atom. The summed E-state index contributed by atoms with van der Waals surface area (Å²) in [5.41, 5.74) is -7.33. The van der Waals surface area contributed by atoms with Crippen molar-refractivity contribution in [2.24, 2.45) is 34.0 Å². The SMILES string of the molecule is COC(=O)[C@@H](O)[C@H]1[C@@]2(C)C[C@]3(OC(C)=O)[C@@H]4[C@@H](O[C@]56CC(=O)O[C@@H](c7ccoc7)[C@]5(C)CCC([C@]13C)[C@]46O)[C@H]2O. The average Bonchev–Trinajstić information content (AvgIpc) is 3.57. The van der Waals surface area contributed by atoms with Crippen LogP contribution in [0.1, 0.15) is 65.0 Å². The van der Waals surface area contributed by atoms with E-state index >= 15 is 0 Å². The van der Waals surface area contributed by atoms with Crippen LogP contribution in [0.25, 0.3) is 0 Å². The molecule has 1 spiro atoms. The van der Waals surface area contributed by atoms with Gasteiger partial charge in [-0.05, 0) is 25.3 Å². The molecule has 4 saturated carbocycles. The van der Waals surface area contributed by atoms with Gasteiger partial charge in [-0.25, -0.2) is 4.79 Å². The standard InChI is InChI=1S/C29H36O11/c1-13(30)39-27-12-24(2)19(17(32)23(34)36-5)26(27,4)15-6-8-25(3)22(14-7-9-37-11-14)38-16(31)10-28(25)29(15,35)20(27)18(40-28)21(24)33/h7,9,11,15,17-22,32-33,35H,6,8,10,12H2,1-5H3/t15?,17-,18+,19-,20-,21+,22-,24+,25-,26+,27-,28+,29-/m0/s1. The summed E-state index contributed by atoms with van der Waals surface area (Å²) < 4.78 is 29.3. The first-order valence-corrected chi connectivity index (χ1v) is 13.9. The molecule has 1 unspecified atom stereocenters. The van der Waals surface area contributed by atoms with E-state index in [0.29, 0.717) is 18.4 Å². The molecular formula is C29H36O11. The van der Waals surface area contributed by atoms with Crippen molar-refractivity contribution < 1.29 is 53.1 Å². The maximum absolute atomic E-state index is 13.4. The third kappa shape index (κ3) is 2.41. The van der Waals surface area contributed by atoms with Gasteiger partial charge < -0.3 is 38.7 Å². The molecule has 218 valence electrons. The highest BCUT2D eigenvalue weighted by Gasteiger charge is 2.96. The number of aliphatic hydroxyl groups is 3. The zero-order valence-electron chi connectivity index (χ0n) is 23.2. The summed E-state index contributed by atoms with van der Waals surface area (Å²) >= 11 is 0. The summed E-state index contributed by atoms with van der Waals surface area (Å²) in [4.78, 5) is 39.0. The minimum atomic E-state index is -1.77. The van der Waals surface area contributed by atoms with Crippen LogP contribution in [0.5, 0.6) is 0 Å². The van der Waals surface area contributed by atoms with Gasteiger partial charge in [0.1, 0.15) is 22.9 Å². The van der Waals surface area contributed by atoms with Crippen molar-refractivity contribution in [3.8, 4) is 0 Å². The molecule has 6 fully saturated rings. The zero-order valence-corrected chi connectivity index (χ0v) is 23.2. The number of cyclic esters (lactones) is 1. The smallest absolute Gasteiger partial charge is 0.335 e. The molecule has 11 heteroatoms. The summed E-state index contributed by atoms with van der Waals surface area (Å²) in [5.74, 6) is -4.54. The van der Waals surface area contributed by atoms with Crippen molar-refractivity contribution in [2.75, 3.05) is 7.11 Å². The normalized spacial score (nSPS) is 54.0.